The summed E-state index contributed by atoms with van der Waals surface area (Å²) in [4.78, 5) is 17.4. The van der Waals surface area contributed by atoms with Crippen molar-refractivity contribution < 1.29 is 4.79 Å². The largest absolute Gasteiger partial charge is 0.332 e. The number of hydrogen-bond acceptors (Lipinski definition) is 2. The van der Waals surface area contributed by atoms with Crippen LogP contribution in [-0.4, -0.2) is 15.9 Å². The Labute approximate surface area is 173 Å². The summed E-state index contributed by atoms with van der Waals surface area (Å²) in [5.74, 6) is -0.0312. The van der Waals surface area contributed by atoms with Gasteiger partial charge in [-0.15, -0.1) is 0 Å². The second-order valence-corrected chi connectivity index (χ2v) is 7.60. The summed E-state index contributed by atoms with van der Waals surface area (Å²) in [6.07, 6.45) is -0.330. The molecule has 4 nitrogen and oxygen atoms in total. The Balaban J connectivity index is 1.71. The SMILES string of the molecule is O=C1c2ccccc2N2C(=S)Nc3ccccc3C2N1Cc1ccccc1Cl. The van der Waals surface area contributed by atoms with Gasteiger partial charge >= 0.3 is 0 Å². The van der Waals surface area contributed by atoms with Gasteiger partial charge in [0.2, 0.25) is 0 Å². The number of anilines is 2. The molecule has 6 heteroatoms. The van der Waals surface area contributed by atoms with Gasteiger partial charge in [-0.05, 0) is 42.0 Å². The van der Waals surface area contributed by atoms with Gasteiger partial charge in [0.05, 0.1) is 11.3 Å². The number of thiocarbonyl (C=S) groups is 1. The standard InChI is InChI=1S/C22H16ClN3OS/c23-17-10-4-1-7-14(17)13-25-20-15-8-2-5-11-18(15)24-22(28)26(20)19-12-6-3-9-16(19)21(25)27/h1-12,20H,13H2,(H,24,28). The number of nitrogens with one attached hydrogen (secondary N) is 1. The van der Waals surface area contributed by atoms with Gasteiger partial charge in [-0.1, -0.05) is 60.1 Å². The Bertz CT molecular complexity index is 1120. The van der Waals surface area contributed by atoms with Gasteiger partial charge in [-0.3, -0.25) is 9.69 Å². The minimum atomic E-state index is -0.330. The average Bonchev–Trinajstić information content (AvgIpc) is 2.72. The molecular weight excluding hydrogens is 390 g/mol. The molecule has 0 aromatic heterocycles. The fraction of sp³-hybridized carbons (Fsp3) is 0.0909. The maximum atomic E-state index is 13.5. The van der Waals surface area contributed by atoms with Crippen molar-refractivity contribution >= 4 is 46.2 Å². The van der Waals surface area contributed by atoms with Crippen molar-refractivity contribution in [2.75, 3.05) is 10.2 Å². The molecule has 5 rings (SSSR count). The fourth-order valence-electron chi connectivity index (χ4n) is 3.91. The molecule has 0 aliphatic carbocycles. The molecule has 3 aromatic carbocycles. The van der Waals surface area contributed by atoms with Gasteiger partial charge in [0.25, 0.3) is 5.91 Å². The van der Waals surface area contributed by atoms with E-state index in [1.54, 1.807) is 0 Å². The molecule has 2 aliphatic rings. The Morgan fingerprint density at radius 2 is 1.68 bits per heavy atom. The van der Waals surface area contributed by atoms with Crippen molar-refractivity contribution in [3.05, 3.63) is 94.5 Å². The minimum absolute atomic E-state index is 0.0312. The van der Waals surface area contributed by atoms with Crippen LogP contribution in [0.2, 0.25) is 5.02 Å². The molecule has 2 aliphatic heterocycles. The Hall–Kier alpha value is -2.89. The van der Waals surface area contributed by atoms with Crippen LogP contribution >= 0.6 is 23.8 Å². The first kappa shape index (κ1) is 17.2. The molecule has 138 valence electrons. The number of para-hydroxylation sites is 2. The molecule has 28 heavy (non-hydrogen) atoms. The zero-order valence-electron chi connectivity index (χ0n) is 14.8. The van der Waals surface area contributed by atoms with Gasteiger partial charge in [-0.2, -0.15) is 0 Å². The molecule has 0 radical (unpaired) electrons. The lowest BCUT2D eigenvalue weighted by Gasteiger charge is -2.48. The number of hydrogen-bond donors (Lipinski definition) is 1. The Morgan fingerprint density at radius 1 is 0.964 bits per heavy atom. The van der Waals surface area contributed by atoms with Gasteiger partial charge in [0, 0.05) is 22.8 Å². The predicted octanol–water partition coefficient (Wildman–Crippen LogP) is 5.21. The lowest BCUT2D eigenvalue weighted by molar-refractivity contribution is 0.0645. The van der Waals surface area contributed by atoms with Crippen molar-refractivity contribution in [2.24, 2.45) is 0 Å². The van der Waals surface area contributed by atoms with Crippen molar-refractivity contribution in [3.8, 4) is 0 Å². The van der Waals surface area contributed by atoms with Crippen molar-refractivity contribution in [1.82, 2.24) is 4.90 Å². The number of halogens is 1. The van der Waals surface area contributed by atoms with Gasteiger partial charge < -0.3 is 10.2 Å². The van der Waals surface area contributed by atoms with Crippen LogP contribution in [0.4, 0.5) is 11.4 Å². The third kappa shape index (κ3) is 2.58. The lowest BCUT2D eigenvalue weighted by atomic mass is 9.98. The van der Waals surface area contributed by atoms with Crippen LogP contribution in [0, 0.1) is 0 Å². The van der Waals surface area contributed by atoms with Crippen LogP contribution < -0.4 is 10.2 Å². The number of amides is 1. The van der Waals surface area contributed by atoms with Crippen LogP contribution in [0.25, 0.3) is 0 Å². The van der Waals surface area contributed by atoms with Crippen LogP contribution in [0.1, 0.15) is 27.7 Å². The highest BCUT2D eigenvalue weighted by molar-refractivity contribution is 7.80. The van der Waals surface area contributed by atoms with Gasteiger partial charge in [0.1, 0.15) is 6.17 Å². The molecule has 2 heterocycles. The molecule has 1 N–H and O–H groups in total. The van der Waals surface area contributed by atoms with Crippen LogP contribution in [0.15, 0.2) is 72.8 Å². The molecule has 1 amide bonds. The molecular formula is C22H16ClN3OS. The molecule has 3 aromatic rings. The lowest BCUT2D eigenvalue weighted by Crippen LogP contribution is -2.54. The summed E-state index contributed by atoms with van der Waals surface area (Å²) in [5, 5.41) is 4.52. The van der Waals surface area contributed by atoms with E-state index in [1.807, 2.05) is 82.6 Å². The monoisotopic (exact) mass is 405 g/mol. The zero-order valence-corrected chi connectivity index (χ0v) is 16.4. The average molecular weight is 406 g/mol. The van der Waals surface area contributed by atoms with E-state index in [2.05, 4.69) is 5.32 Å². The fourth-order valence-corrected chi connectivity index (χ4v) is 4.41. The molecule has 0 fully saturated rings. The maximum Gasteiger partial charge on any atom is 0.258 e. The first-order chi connectivity index (χ1) is 13.6. The number of carbonyl (C=O) groups is 1. The van der Waals surface area contributed by atoms with Crippen molar-refractivity contribution in [2.45, 2.75) is 12.7 Å². The molecule has 1 atom stereocenters. The van der Waals surface area contributed by atoms with E-state index in [0.717, 1.165) is 22.5 Å². The number of benzene rings is 3. The predicted molar refractivity (Wildman–Crippen MR) is 116 cm³/mol. The van der Waals surface area contributed by atoms with E-state index < -0.39 is 0 Å². The van der Waals surface area contributed by atoms with E-state index in [0.29, 0.717) is 22.2 Å². The highest BCUT2D eigenvalue weighted by Crippen LogP contribution is 2.44. The Kier molecular flexibility index (Phi) is 4.07. The summed E-state index contributed by atoms with van der Waals surface area (Å²) in [6.45, 7) is 0.394. The van der Waals surface area contributed by atoms with Crippen LogP contribution in [0.3, 0.4) is 0 Å². The molecule has 0 bridgehead atoms. The number of fused-ring (bicyclic) bond motifs is 5. The van der Waals surface area contributed by atoms with E-state index in [9.17, 15) is 4.79 Å². The van der Waals surface area contributed by atoms with E-state index in [1.165, 1.54) is 0 Å². The summed E-state index contributed by atoms with van der Waals surface area (Å²) in [6, 6.07) is 23.2. The molecule has 1 unspecified atom stereocenters. The number of nitrogens with zero attached hydrogens (tertiary/aromatic N) is 2. The van der Waals surface area contributed by atoms with E-state index in [-0.39, 0.29) is 12.1 Å². The molecule has 0 saturated carbocycles. The quantitative estimate of drug-likeness (QED) is 0.593. The summed E-state index contributed by atoms with van der Waals surface area (Å²) in [7, 11) is 0. The Morgan fingerprint density at radius 3 is 2.54 bits per heavy atom. The van der Waals surface area contributed by atoms with Crippen LogP contribution in [0.5, 0.6) is 0 Å². The summed E-state index contributed by atoms with van der Waals surface area (Å²) in [5.41, 5.74) is 4.28. The van der Waals surface area contributed by atoms with Crippen molar-refractivity contribution in [1.29, 1.82) is 0 Å². The second-order valence-electron chi connectivity index (χ2n) is 6.80. The van der Waals surface area contributed by atoms with E-state index in [4.69, 9.17) is 23.8 Å². The third-order valence-electron chi connectivity index (χ3n) is 5.19. The summed E-state index contributed by atoms with van der Waals surface area (Å²) >= 11 is 12.1. The highest BCUT2D eigenvalue weighted by atomic mass is 35.5. The normalized spacial score (nSPS) is 17.5. The summed E-state index contributed by atoms with van der Waals surface area (Å²) < 4.78 is 0. The number of carbonyl (C=O) groups excluding carboxylic acids is 1. The van der Waals surface area contributed by atoms with Gasteiger partial charge in [-0.25, -0.2) is 0 Å². The van der Waals surface area contributed by atoms with Crippen molar-refractivity contribution in [3.63, 3.8) is 0 Å². The number of rotatable bonds is 2. The second kappa shape index (κ2) is 6.62. The van der Waals surface area contributed by atoms with Crippen LogP contribution in [-0.2, 0) is 6.54 Å². The first-order valence-electron chi connectivity index (χ1n) is 8.97. The third-order valence-corrected chi connectivity index (χ3v) is 5.86. The topological polar surface area (TPSA) is 35.6 Å². The maximum absolute atomic E-state index is 13.5. The molecule has 0 saturated heterocycles. The zero-order chi connectivity index (χ0) is 19.3. The van der Waals surface area contributed by atoms with E-state index >= 15 is 0 Å². The minimum Gasteiger partial charge on any atom is -0.332 e. The highest BCUT2D eigenvalue weighted by Gasteiger charge is 2.43. The first-order valence-corrected chi connectivity index (χ1v) is 9.76. The van der Waals surface area contributed by atoms with Gasteiger partial charge in [0.15, 0.2) is 5.11 Å². The smallest absolute Gasteiger partial charge is 0.258 e. The molecule has 0 spiro atoms.